The van der Waals surface area contributed by atoms with E-state index in [1.165, 1.54) is 32.2 Å². The maximum absolute atomic E-state index is 13.4. The van der Waals surface area contributed by atoms with Gasteiger partial charge in [-0.2, -0.15) is 13.2 Å². The molecule has 30 heavy (non-hydrogen) atoms. The van der Waals surface area contributed by atoms with E-state index in [2.05, 4.69) is 10.1 Å². The number of hydrogen-bond donors (Lipinski definition) is 2. The lowest BCUT2D eigenvalue weighted by Crippen LogP contribution is -2.50. The highest BCUT2D eigenvalue weighted by Gasteiger charge is 2.62. The van der Waals surface area contributed by atoms with E-state index < -0.39 is 29.3 Å². The first kappa shape index (κ1) is 23.8. The zero-order valence-corrected chi connectivity index (χ0v) is 17.3. The molecule has 2 aromatic carbocycles. The van der Waals surface area contributed by atoms with Gasteiger partial charge in [0.05, 0.1) is 16.7 Å². The van der Waals surface area contributed by atoms with Crippen molar-refractivity contribution in [3.05, 3.63) is 58.1 Å². The van der Waals surface area contributed by atoms with Gasteiger partial charge in [0.2, 0.25) is 0 Å². The van der Waals surface area contributed by atoms with Crippen LogP contribution in [0.15, 0.2) is 42.5 Å². The highest BCUT2D eigenvalue weighted by atomic mass is 35.5. The van der Waals surface area contributed by atoms with Gasteiger partial charge in [0, 0.05) is 24.0 Å². The number of hydrogen-bond acceptors (Lipinski definition) is 4. The van der Waals surface area contributed by atoms with Gasteiger partial charge in [-0.05, 0) is 37.3 Å². The summed E-state index contributed by atoms with van der Waals surface area (Å²) >= 11 is 11.7. The molecular weight excluding hydrogens is 448 g/mol. The Morgan fingerprint density at radius 1 is 1.10 bits per heavy atom. The monoisotopic (exact) mass is 464 g/mol. The maximum atomic E-state index is 13.4. The minimum atomic E-state index is -5.31. The van der Waals surface area contributed by atoms with Gasteiger partial charge in [0.25, 0.3) is 5.60 Å². The number of carbonyl (C=O) groups is 2. The zero-order chi connectivity index (χ0) is 22.7. The summed E-state index contributed by atoms with van der Waals surface area (Å²) in [6, 6.07) is 7.91. The van der Waals surface area contributed by atoms with Gasteiger partial charge < -0.3 is 15.2 Å². The topological polar surface area (TPSA) is 78.9 Å². The summed E-state index contributed by atoms with van der Waals surface area (Å²) in [5, 5.41) is 13.2. The van der Waals surface area contributed by atoms with E-state index >= 15 is 0 Å². The molecule has 2 amide bonds. The number of ether oxygens (including phenoxy) is 1. The van der Waals surface area contributed by atoms with E-state index in [0.717, 1.165) is 29.2 Å². The molecule has 6 nitrogen and oxygen atoms in total. The number of rotatable bonds is 5. The van der Waals surface area contributed by atoms with Crippen LogP contribution < -0.4 is 10.2 Å². The molecule has 11 heteroatoms. The van der Waals surface area contributed by atoms with E-state index in [1.807, 2.05) is 0 Å². The van der Waals surface area contributed by atoms with Crippen molar-refractivity contribution in [2.24, 2.45) is 0 Å². The van der Waals surface area contributed by atoms with E-state index in [9.17, 15) is 27.9 Å². The Bertz CT molecular complexity index is 938. The van der Waals surface area contributed by atoms with Crippen LogP contribution in [0.25, 0.3) is 0 Å². The SMILES string of the molecule is CCOC(=O)C(O)(c1ccc(N(C)C(=O)Nc2ccc(Cl)c(Cl)c2)cc1)C(F)(F)F. The van der Waals surface area contributed by atoms with Gasteiger partial charge in [-0.3, -0.25) is 4.90 Å². The molecule has 2 rings (SSSR count). The number of nitrogens with zero attached hydrogens (tertiary/aromatic N) is 1. The quantitative estimate of drug-likeness (QED) is 0.611. The summed E-state index contributed by atoms with van der Waals surface area (Å²) in [7, 11) is 1.38. The fraction of sp³-hybridized carbons (Fsp3) is 0.263. The first-order valence-corrected chi connectivity index (χ1v) is 9.24. The third kappa shape index (κ3) is 4.80. The number of carbonyl (C=O) groups excluding carboxylic acids is 2. The Kier molecular flexibility index (Phi) is 7.23. The Hall–Kier alpha value is -2.49. The van der Waals surface area contributed by atoms with Gasteiger partial charge in [-0.25, -0.2) is 9.59 Å². The number of urea groups is 1. The molecule has 0 aliphatic carbocycles. The standard InChI is InChI=1S/C19H17Cl2F3N2O4/c1-3-30-16(27)18(29,19(22,23)24)11-4-7-13(8-5-11)26(2)17(28)25-12-6-9-14(20)15(21)10-12/h4-10,29H,3H2,1-2H3,(H,25,28). The molecule has 0 spiro atoms. The number of halogens is 5. The lowest BCUT2D eigenvalue weighted by Gasteiger charge is -2.29. The van der Waals surface area contributed by atoms with Crippen LogP contribution in [0.1, 0.15) is 12.5 Å². The summed E-state index contributed by atoms with van der Waals surface area (Å²) < 4.78 is 44.6. The van der Waals surface area contributed by atoms with Crippen LogP contribution in [0, 0.1) is 0 Å². The number of amides is 2. The summed E-state index contributed by atoms with van der Waals surface area (Å²) in [6.45, 7) is 0.978. The fourth-order valence-electron chi connectivity index (χ4n) is 2.46. The van der Waals surface area contributed by atoms with Crippen molar-refractivity contribution in [3.63, 3.8) is 0 Å². The van der Waals surface area contributed by atoms with Gasteiger partial charge in [-0.1, -0.05) is 35.3 Å². The zero-order valence-electron chi connectivity index (χ0n) is 15.8. The first-order valence-electron chi connectivity index (χ1n) is 8.48. The number of aliphatic hydroxyl groups is 1. The molecule has 0 fully saturated rings. The van der Waals surface area contributed by atoms with Crippen molar-refractivity contribution in [3.8, 4) is 0 Å². The van der Waals surface area contributed by atoms with Gasteiger partial charge in [0.1, 0.15) is 0 Å². The minimum Gasteiger partial charge on any atom is -0.463 e. The number of nitrogens with one attached hydrogen (secondary N) is 1. The molecule has 0 saturated heterocycles. The third-order valence-electron chi connectivity index (χ3n) is 4.13. The van der Waals surface area contributed by atoms with Crippen molar-refractivity contribution >= 4 is 46.6 Å². The van der Waals surface area contributed by atoms with Crippen LogP contribution in [0.3, 0.4) is 0 Å². The summed E-state index contributed by atoms with van der Waals surface area (Å²) in [5.41, 5.74) is -4.02. The lowest BCUT2D eigenvalue weighted by molar-refractivity contribution is -0.267. The third-order valence-corrected chi connectivity index (χ3v) is 4.87. The average Bonchev–Trinajstić information content (AvgIpc) is 2.69. The molecule has 0 radical (unpaired) electrons. The molecule has 0 heterocycles. The van der Waals surface area contributed by atoms with Gasteiger partial charge in [0.15, 0.2) is 0 Å². The van der Waals surface area contributed by atoms with E-state index in [-0.39, 0.29) is 17.3 Å². The second kappa shape index (κ2) is 9.11. The molecule has 1 unspecified atom stereocenters. The summed E-state index contributed by atoms with van der Waals surface area (Å²) in [4.78, 5) is 25.3. The highest BCUT2D eigenvalue weighted by Crippen LogP contribution is 2.40. The first-order chi connectivity index (χ1) is 13.9. The minimum absolute atomic E-state index is 0.199. The molecule has 1 atom stereocenters. The van der Waals surface area contributed by atoms with Crippen LogP contribution in [0.4, 0.5) is 29.3 Å². The van der Waals surface area contributed by atoms with Crippen LogP contribution in [0.2, 0.25) is 10.0 Å². The maximum Gasteiger partial charge on any atom is 0.432 e. The Morgan fingerprint density at radius 3 is 2.20 bits per heavy atom. The average molecular weight is 465 g/mol. The van der Waals surface area contributed by atoms with Crippen LogP contribution >= 0.6 is 23.2 Å². The molecule has 0 aliphatic heterocycles. The molecule has 2 N–H and O–H groups in total. The van der Waals surface area contributed by atoms with E-state index in [4.69, 9.17) is 23.2 Å². The predicted molar refractivity (Wildman–Crippen MR) is 107 cm³/mol. The van der Waals surface area contributed by atoms with Gasteiger partial charge >= 0.3 is 18.2 Å². The summed E-state index contributed by atoms with van der Waals surface area (Å²) in [6.07, 6.45) is -5.31. The summed E-state index contributed by atoms with van der Waals surface area (Å²) in [5.74, 6) is -1.84. The van der Waals surface area contributed by atoms with E-state index in [0.29, 0.717) is 10.7 Å². The Labute approximate surface area is 180 Å². The molecule has 162 valence electrons. The van der Waals surface area contributed by atoms with Gasteiger partial charge in [-0.15, -0.1) is 0 Å². The second-order valence-electron chi connectivity index (χ2n) is 6.09. The molecule has 2 aromatic rings. The predicted octanol–water partition coefficient (Wildman–Crippen LogP) is 4.97. The van der Waals surface area contributed by atoms with Crippen molar-refractivity contribution in [1.29, 1.82) is 0 Å². The number of benzene rings is 2. The molecular formula is C19H17Cl2F3N2O4. The second-order valence-corrected chi connectivity index (χ2v) is 6.91. The van der Waals surface area contributed by atoms with E-state index in [1.54, 1.807) is 0 Å². The Morgan fingerprint density at radius 2 is 1.70 bits per heavy atom. The number of esters is 1. The van der Waals surface area contributed by atoms with Crippen molar-refractivity contribution in [2.75, 3.05) is 23.9 Å². The smallest absolute Gasteiger partial charge is 0.432 e. The van der Waals surface area contributed by atoms with Crippen LogP contribution in [0.5, 0.6) is 0 Å². The van der Waals surface area contributed by atoms with Crippen molar-refractivity contribution < 1.29 is 32.6 Å². The fourth-order valence-corrected chi connectivity index (χ4v) is 2.76. The molecule has 0 saturated carbocycles. The number of anilines is 2. The molecule has 0 bridgehead atoms. The normalized spacial score (nSPS) is 13.3. The highest BCUT2D eigenvalue weighted by molar-refractivity contribution is 6.42. The Balaban J connectivity index is 2.25. The lowest BCUT2D eigenvalue weighted by atomic mass is 9.93. The van der Waals surface area contributed by atoms with Crippen molar-refractivity contribution in [1.82, 2.24) is 0 Å². The largest absolute Gasteiger partial charge is 0.463 e. The van der Waals surface area contributed by atoms with Crippen LogP contribution in [-0.4, -0.2) is 36.9 Å². The van der Waals surface area contributed by atoms with Crippen molar-refractivity contribution in [2.45, 2.75) is 18.7 Å². The molecule has 0 aromatic heterocycles. The van der Waals surface area contributed by atoms with Crippen LogP contribution in [-0.2, 0) is 15.1 Å². The molecule has 0 aliphatic rings. The number of alkyl halides is 3.